The molecular weight excluding hydrogens is 627 g/mol. The average molecular weight is 704 g/mol. The van der Waals surface area contributed by atoms with Crippen LogP contribution in [-0.4, -0.2) is 34.9 Å². The van der Waals surface area contributed by atoms with Gasteiger partial charge in [0.2, 0.25) is 0 Å². The lowest BCUT2D eigenvalue weighted by atomic mass is 10.2. The molecule has 0 saturated heterocycles. The number of aryl methyl sites for hydroxylation is 5. The van der Waals surface area contributed by atoms with Crippen LogP contribution in [0.3, 0.4) is 0 Å². The Morgan fingerprint density at radius 1 is 0.353 bits per heavy atom. The highest BCUT2D eigenvalue weighted by Crippen LogP contribution is 1.97. The molecule has 4 heterocycles. The molecule has 51 heavy (non-hydrogen) atoms. The number of aromatic nitrogens is 7. The third-order valence-electron chi connectivity index (χ3n) is 5.34. The first-order valence-electron chi connectivity index (χ1n) is 18.8. The highest BCUT2D eigenvalue weighted by molar-refractivity contribution is 5.14. The summed E-state index contributed by atoms with van der Waals surface area (Å²) in [6.45, 7) is 30.5. The Morgan fingerprint density at radius 2 is 0.765 bits per heavy atom. The van der Waals surface area contributed by atoms with Crippen molar-refractivity contribution >= 4 is 0 Å². The predicted molar refractivity (Wildman–Crippen MR) is 227 cm³/mol. The molecule has 1 aromatic carbocycles. The molecule has 7 nitrogen and oxygen atoms in total. The second-order valence-electron chi connectivity index (χ2n) is 8.19. The van der Waals surface area contributed by atoms with Gasteiger partial charge in [0.15, 0.2) is 0 Å². The molecule has 0 radical (unpaired) electrons. The van der Waals surface area contributed by atoms with Crippen molar-refractivity contribution in [2.45, 2.75) is 143 Å². The van der Waals surface area contributed by atoms with Gasteiger partial charge < -0.3 is 0 Å². The molecule has 0 N–H and O–H groups in total. The fraction of sp³-hybridized carbons (Fsp3) is 0.477. The Morgan fingerprint density at radius 3 is 1.06 bits per heavy atom. The van der Waals surface area contributed by atoms with Crippen molar-refractivity contribution in [3.05, 3.63) is 139 Å². The van der Waals surface area contributed by atoms with Gasteiger partial charge in [0, 0.05) is 50.0 Å². The molecule has 0 fully saturated rings. The summed E-state index contributed by atoms with van der Waals surface area (Å²) in [5.74, 6) is 1.76. The highest BCUT2D eigenvalue weighted by atomic mass is 15.0. The van der Waals surface area contributed by atoms with Crippen molar-refractivity contribution in [3.8, 4) is 0 Å². The normalized spacial score (nSPS) is 7.75. The number of hydrogen-bond donors (Lipinski definition) is 0. The summed E-state index contributed by atoms with van der Waals surface area (Å²) in [7, 11) is 0. The number of hydrogen-bond acceptors (Lipinski definition) is 7. The summed E-state index contributed by atoms with van der Waals surface area (Å²) in [5.41, 5.74) is 4.06. The molecular formula is C44H77N7. The smallest absolute Gasteiger partial charge is 0.131 e. The van der Waals surface area contributed by atoms with Crippen LogP contribution in [0, 0.1) is 0 Å². The molecule has 4 aromatic heterocycles. The molecule has 0 spiro atoms. The fourth-order valence-corrected chi connectivity index (χ4v) is 2.90. The van der Waals surface area contributed by atoms with E-state index in [1.807, 2.05) is 132 Å². The van der Waals surface area contributed by atoms with Gasteiger partial charge in [0.25, 0.3) is 0 Å². The fourth-order valence-electron chi connectivity index (χ4n) is 2.90. The monoisotopic (exact) mass is 704 g/mol. The third-order valence-corrected chi connectivity index (χ3v) is 5.34. The van der Waals surface area contributed by atoms with Crippen molar-refractivity contribution in [2.24, 2.45) is 0 Å². The zero-order chi connectivity index (χ0) is 39.1. The zero-order valence-corrected chi connectivity index (χ0v) is 34.6. The van der Waals surface area contributed by atoms with E-state index in [1.54, 1.807) is 18.6 Å². The maximum Gasteiger partial charge on any atom is 0.131 e. The van der Waals surface area contributed by atoms with E-state index in [4.69, 9.17) is 0 Å². The third kappa shape index (κ3) is 41.7. The van der Waals surface area contributed by atoms with Crippen LogP contribution in [0.2, 0.25) is 0 Å². The molecule has 288 valence electrons. The minimum Gasteiger partial charge on any atom is -0.265 e. The van der Waals surface area contributed by atoms with E-state index >= 15 is 0 Å². The number of pyridine rings is 2. The van der Waals surface area contributed by atoms with Crippen LogP contribution < -0.4 is 0 Å². The van der Waals surface area contributed by atoms with Crippen molar-refractivity contribution in [3.63, 3.8) is 0 Å². The molecule has 0 saturated carbocycles. The first-order chi connectivity index (χ1) is 24.7. The van der Waals surface area contributed by atoms with E-state index in [-0.39, 0.29) is 7.43 Å². The SMILES string of the molecule is C.CC.CC.CC.CC.CC.CCc1ccccc1.CCc1cccnc1.CCc1ccncc1.CCc1ncccn1.CCc1ncncn1. The Kier molecular flexibility index (Phi) is 63.4. The Labute approximate surface area is 316 Å². The topological polar surface area (TPSA) is 90.2 Å². The Hall–Kier alpha value is -4.39. The second kappa shape index (κ2) is 55.0. The summed E-state index contributed by atoms with van der Waals surface area (Å²) >= 11 is 0. The molecule has 5 aromatic rings. The lowest BCUT2D eigenvalue weighted by Gasteiger charge is -1.89. The van der Waals surface area contributed by atoms with Crippen molar-refractivity contribution in [1.29, 1.82) is 0 Å². The van der Waals surface area contributed by atoms with Gasteiger partial charge in [-0.25, -0.2) is 24.9 Å². The average Bonchev–Trinajstić information content (AvgIpc) is 3.26. The lowest BCUT2D eigenvalue weighted by molar-refractivity contribution is 0.896. The summed E-state index contributed by atoms with van der Waals surface area (Å²) in [4.78, 5) is 27.2. The highest BCUT2D eigenvalue weighted by Gasteiger charge is 1.85. The van der Waals surface area contributed by atoms with Gasteiger partial charge in [-0.05, 0) is 60.2 Å². The van der Waals surface area contributed by atoms with Crippen LogP contribution in [0.25, 0.3) is 0 Å². The van der Waals surface area contributed by atoms with E-state index < -0.39 is 0 Å². The lowest BCUT2D eigenvalue weighted by Crippen LogP contribution is -1.90. The van der Waals surface area contributed by atoms with Crippen LogP contribution >= 0.6 is 0 Å². The molecule has 0 bridgehead atoms. The quantitative estimate of drug-likeness (QED) is 0.180. The van der Waals surface area contributed by atoms with Crippen molar-refractivity contribution in [1.82, 2.24) is 34.9 Å². The van der Waals surface area contributed by atoms with E-state index in [1.165, 1.54) is 29.3 Å². The minimum absolute atomic E-state index is 0. The molecule has 5 rings (SSSR count). The number of benzene rings is 1. The van der Waals surface area contributed by atoms with Gasteiger partial charge in [-0.2, -0.15) is 0 Å². The standard InChI is InChI=1S/C8H10.2C7H9N.C6H8N2.C5H7N3.5C2H6.CH4/c1-2-8-6-4-3-5-7-8;1-2-7-3-5-8-6-4-7;1-2-7-4-3-5-8-6-7;1-2-6-7-4-3-5-8-6;1-2-5-7-3-6-4-8-5;5*1-2;/h3-7H,2H2,1H3;2*3-6H,2H2,1H3;3-5H,2H2,1H3;3-4H,2H2,1H3;5*1-2H3;1H4. The van der Waals surface area contributed by atoms with Crippen molar-refractivity contribution in [2.75, 3.05) is 0 Å². The largest absolute Gasteiger partial charge is 0.265 e. The van der Waals surface area contributed by atoms with Gasteiger partial charge in [0.05, 0.1) is 0 Å². The Balaban J connectivity index is -0.000000116. The molecule has 0 aliphatic heterocycles. The van der Waals surface area contributed by atoms with Gasteiger partial charge in [-0.1, -0.05) is 148 Å². The molecule has 0 aliphatic carbocycles. The number of rotatable bonds is 5. The first kappa shape index (κ1) is 58.8. The van der Waals surface area contributed by atoms with Gasteiger partial charge >= 0.3 is 0 Å². The first-order valence-corrected chi connectivity index (χ1v) is 18.8. The van der Waals surface area contributed by atoms with Crippen LogP contribution in [0.15, 0.2) is 110 Å². The van der Waals surface area contributed by atoms with Crippen LogP contribution in [0.1, 0.15) is 140 Å². The second-order valence-corrected chi connectivity index (χ2v) is 8.19. The van der Waals surface area contributed by atoms with Gasteiger partial charge in [-0.15, -0.1) is 0 Å². The van der Waals surface area contributed by atoms with E-state index in [9.17, 15) is 0 Å². The Bertz CT molecular complexity index is 966. The predicted octanol–water partition coefficient (Wildman–Crippen LogP) is 12.8. The zero-order valence-electron chi connectivity index (χ0n) is 34.6. The van der Waals surface area contributed by atoms with E-state index in [2.05, 4.69) is 86.0 Å². The van der Waals surface area contributed by atoms with Gasteiger partial charge in [-0.3, -0.25) is 9.97 Å². The van der Waals surface area contributed by atoms with Crippen LogP contribution in [-0.2, 0) is 32.1 Å². The summed E-state index contributed by atoms with van der Waals surface area (Å²) in [6, 6.07) is 20.4. The molecule has 0 aliphatic rings. The van der Waals surface area contributed by atoms with Gasteiger partial charge in [0.1, 0.15) is 24.3 Å². The molecule has 0 unspecified atom stereocenters. The summed E-state index contributed by atoms with van der Waals surface area (Å²) in [5, 5.41) is 0. The van der Waals surface area contributed by atoms with E-state index in [0.29, 0.717) is 0 Å². The summed E-state index contributed by atoms with van der Waals surface area (Å²) in [6.07, 6.45) is 19.0. The minimum atomic E-state index is 0. The molecule has 0 amide bonds. The van der Waals surface area contributed by atoms with E-state index in [0.717, 1.165) is 43.8 Å². The summed E-state index contributed by atoms with van der Waals surface area (Å²) < 4.78 is 0. The number of nitrogens with zero attached hydrogens (tertiary/aromatic N) is 7. The maximum atomic E-state index is 3.99. The van der Waals surface area contributed by atoms with Crippen molar-refractivity contribution < 1.29 is 0 Å². The maximum absolute atomic E-state index is 3.99. The van der Waals surface area contributed by atoms with Crippen LogP contribution in [0.4, 0.5) is 0 Å². The molecule has 0 atom stereocenters. The molecule has 7 heteroatoms. The van der Waals surface area contributed by atoms with Crippen LogP contribution in [0.5, 0.6) is 0 Å².